The van der Waals surface area contributed by atoms with Crippen molar-refractivity contribution in [1.82, 2.24) is 0 Å². The third-order valence-corrected chi connectivity index (χ3v) is 7.21. The number of hydrogen-bond donors (Lipinski definition) is 0. The molecule has 0 radical (unpaired) electrons. The number of fused-ring (bicyclic) bond motifs is 2. The maximum atomic E-state index is 3.99. The van der Waals surface area contributed by atoms with E-state index in [2.05, 4.69) is 178 Å². The lowest BCUT2D eigenvalue weighted by atomic mass is 9.87. The summed E-state index contributed by atoms with van der Waals surface area (Å²) >= 11 is 0. The topological polar surface area (TPSA) is 3.24 Å². The molecule has 42 heavy (non-hydrogen) atoms. The highest BCUT2D eigenvalue weighted by atomic mass is 15.1. The van der Waals surface area contributed by atoms with Crippen LogP contribution in [0.5, 0.6) is 0 Å². The summed E-state index contributed by atoms with van der Waals surface area (Å²) in [5, 5.41) is 5.07. The molecule has 0 spiro atoms. The van der Waals surface area contributed by atoms with Gasteiger partial charge in [0.05, 0.1) is 0 Å². The van der Waals surface area contributed by atoms with Crippen molar-refractivity contribution in [3.05, 3.63) is 181 Å². The fourth-order valence-electron chi connectivity index (χ4n) is 5.47. The summed E-state index contributed by atoms with van der Waals surface area (Å²) in [5.74, 6) is 0. The second kappa shape index (κ2) is 15.2. The highest BCUT2D eigenvalue weighted by molar-refractivity contribution is 6.13. The van der Waals surface area contributed by atoms with Gasteiger partial charge in [-0.3, -0.25) is 0 Å². The van der Waals surface area contributed by atoms with Crippen LogP contribution in [0.4, 0.5) is 5.69 Å². The third kappa shape index (κ3) is 6.70. The third-order valence-electron chi connectivity index (χ3n) is 7.21. The molecule has 1 heteroatoms. The van der Waals surface area contributed by atoms with E-state index in [0.29, 0.717) is 0 Å². The SMILES string of the molecule is C=C/C=C(\C=C/C)c1c2ccccc2c(C/C=C\C(=C/C)N(C(/C=C\C)=C/C=C\C)c2ccccc2)c2ccccc12. The number of para-hydroxylation sites is 1. The lowest BCUT2D eigenvalue weighted by molar-refractivity contribution is 1.13. The van der Waals surface area contributed by atoms with Crippen LogP contribution in [0.1, 0.15) is 38.8 Å². The number of nitrogens with zero attached hydrogens (tertiary/aromatic N) is 1. The van der Waals surface area contributed by atoms with E-state index in [1.165, 1.54) is 38.2 Å². The molecule has 4 aromatic carbocycles. The largest absolute Gasteiger partial charge is 0.311 e. The highest BCUT2D eigenvalue weighted by Gasteiger charge is 2.16. The molecule has 0 atom stereocenters. The van der Waals surface area contributed by atoms with Gasteiger partial charge in [-0.25, -0.2) is 0 Å². The predicted molar refractivity (Wildman–Crippen MR) is 188 cm³/mol. The first-order valence-corrected chi connectivity index (χ1v) is 14.7. The van der Waals surface area contributed by atoms with Gasteiger partial charge in [0.25, 0.3) is 0 Å². The fourth-order valence-corrected chi connectivity index (χ4v) is 5.47. The van der Waals surface area contributed by atoms with Crippen LogP contribution < -0.4 is 4.90 Å². The maximum Gasteiger partial charge on any atom is 0.0461 e. The molecule has 0 aliphatic rings. The lowest BCUT2D eigenvalue weighted by Crippen LogP contribution is -2.19. The fraction of sp³-hybridized carbons (Fsp3) is 0.122. The van der Waals surface area contributed by atoms with Crippen LogP contribution in [0.3, 0.4) is 0 Å². The van der Waals surface area contributed by atoms with Crippen LogP contribution in [0.2, 0.25) is 0 Å². The Morgan fingerprint density at radius 3 is 1.79 bits per heavy atom. The van der Waals surface area contributed by atoms with Crippen LogP contribution in [0.15, 0.2) is 170 Å². The molecule has 0 saturated carbocycles. The molecule has 0 unspecified atom stereocenters. The second-order valence-corrected chi connectivity index (χ2v) is 9.91. The molecule has 1 nitrogen and oxygen atoms in total. The summed E-state index contributed by atoms with van der Waals surface area (Å²) in [5.41, 5.74) is 7.09. The standard InChI is InChI=1S/C41H41N/c1-6-11-23-34(22-9-4)42(35-24-13-12-14-25-35)33(10-5)26-19-31-36-37-27-15-17-29-39(37)41(32(20-7-2)21-8-3)40-30-18-16-28-38(36)40/h6-30H,2,31H2,1,3-5H3/b11-6-,21-8-,22-9-,26-19-,32-20+,33-10+,34-23+. The molecule has 0 amide bonds. The van der Waals surface area contributed by atoms with Gasteiger partial charge in [0, 0.05) is 17.1 Å². The van der Waals surface area contributed by atoms with Gasteiger partial charge in [0.1, 0.15) is 0 Å². The molecule has 0 aliphatic heterocycles. The summed E-state index contributed by atoms with van der Waals surface area (Å²) in [7, 11) is 0. The van der Waals surface area contributed by atoms with Crippen molar-refractivity contribution in [1.29, 1.82) is 0 Å². The maximum absolute atomic E-state index is 3.99. The first-order chi connectivity index (χ1) is 20.7. The summed E-state index contributed by atoms with van der Waals surface area (Å²) < 4.78 is 0. The van der Waals surface area contributed by atoms with Crippen LogP contribution in [0.25, 0.3) is 27.1 Å². The highest BCUT2D eigenvalue weighted by Crippen LogP contribution is 2.38. The van der Waals surface area contributed by atoms with Crippen molar-refractivity contribution >= 4 is 32.8 Å². The number of allylic oxidation sites excluding steroid dienone is 13. The van der Waals surface area contributed by atoms with Crippen LogP contribution in [0, 0.1) is 0 Å². The Labute approximate surface area is 252 Å². The van der Waals surface area contributed by atoms with E-state index < -0.39 is 0 Å². The van der Waals surface area contributed by atoms with E-state index in [1.807, 2.05) is 13.0 Å². The van der Waals surface area contributed by atoms with E-state index in [-0.39, 0.29) is 0 Å². The van der Waals surface area contributed by atoms with Gasteiger partial charge < -0.3 is 4.90 Å². The van der Waals surface area contributed by atoms with Crippen molar-refractivity contribution in [2.24, 2.45) is 0 Å². The molecule has 4 rings (SSSR count). The molecule has 0 N–H and O–H groups in total. The van der Waals surface area contributed by atoms with Crippen molar-refractivity contribution in [2.75, 3.05) is 4.90 Å². The normalized spacial score (nSPS) is 13.5. The Morgan fingerprint density at radius 2 is 1.24 bits per heavy atom. The van der Waals surface area contributed by atoms with Gasteiger partial charge in [0.2, 0.25) is 0 Å². The van der Waals surface area contributed by atoms with Crippen LogP contribution >= 0.6 is 0 Å². The Kier molecular flexibility index (Phi) is 10.9. The summed E-state index contributed by atoms with van der Waals surface area (Å²) in [6.45, 7) is 12.3. The minimum Gasteiger partial charge on any atom is -0.311 e. The molecule has 4 aromatic rings. The smallest absolute Gasteiger partial charge is 0.0461 e. The zero-order valence-corrected chi connectivity index (χ0v) is 25.3. The van der Waals surface area contributed by atoms with Gasteiger partial charge in [-0.05, 0) is 103 Å². The van der Waals surface area contributed by atoms with Gasteiger partial charge >= 0.3 is 0 Å². The lowest BCUT2D eigenvalue weighted by Gasteiger charge is -2.27. The van der Waals surface area contributed by atoms with E-state index >= 15 is 0 Å². The first kappa shape index (κ1) is 30.1. The van der Waals surface area contributed by atoms with E-state index in [1.54, 1.807) is 0 Å². The van der Waals surface area contributed by atoms with E-state index in [0.717, 1.165) is 23.5 Å². The van der Waals surface area contributed by atoms with Crippen molar-refractivity contribution in [3.8, 4) is 0 Å². The molecular formula is C41H41N. The molecule has 0 heterocycles. The van der Waals surface area contributed by atoms with Crippen LogP contribution in [-0.2, 0) is 6.42 Å². The van der Waals surface area contributed by atoms with Gasteiger partial charge in [-0.2, -0.15) is 0 Å². The monoisotopic (exact) mass is 547 g/mol. The van der Waals surface area contributed by atoms with Gasteiger partial charge in [-0.1, -0.05) is 128 Å². The van der Waals surface area contributed by atoms with Gasteiger partial charge in [0.15, 0.2) is 0 Å². The number of rotatable bonds is 11. The number of hydrogen-bond acceptors (Lipinski definition) is 1. The van der Waals surface area contributed by atoms with Crippen molar-refractivity contribution in [2.45, 2.75) is 34.1 Å². The van der Waals surface area contributed by atoms with Crippen molar-refractivity contribution in [3.63, 3.8) is 0 Å². The Balaban J connectivity index is 1.85. The molecular weight excluding hydrogens is 506 g/mol. The summed E-state index contributed by atoms with van der Waals surface area (Å²) in [6.07, 6.45) is 26.3. The number of benzene rings is 4. The molecule has 0 saturated heterocycles. The molecule has 0 aromatic heterocycles. The minimum absolute atomic E-state index is 0.808. The Hall–Kier alpha value is -4.88. The summed E-state index contributed by atoms with van der Waals surface area (Å²) in [4.78, 5) is 2.30. The summed E-state index contributed by atoms with van der Waals surface area (Å²) in [6, 6.07) is 28.1. The van der Waals surface area contributed by atoms with E-state index in [4.69, 9.17) is 0 Å². The Morgan fingerprint density at radius 1 is 0.643 bits per heavy atom. The average molecular weight is 548 g/mol. The minimum atomic E-state index is 0.808. The quantitative estimate of drug-likeness (QED) is 0.133. The zero-order chi connectivity index (χ0) is 29.7. The van der Waals surface area contributed by atoms with Crippen molar-refractivity contribution < 1.29 is 0 Å². The predicted octanol–water partition coefficient (Wildman–Crippen LogP) is 11.7. The molecule has 0 aliphatic carbocycles. The molecule has 210 valence electrons. The second-order valence-electron chi connectivity index (χ2n) is 9.91. The molecule has 0 bridgehead atoms. The van der Waals surface area contributed by atoms with Crippen LogP contribution in [-0.4, -0.2) is 0 Å². The molecule has 0 fully saturated rings. The zero-order valence-electron chi connectivity index (χ0n) is 25.3. The van der Waals surface area contributed by atoms with Gasteiger partial charge in [-0.15, -0.1) is 0 Å². The average Bonchev–Trinajstić information content (AvgIpc) is 3.03. The Bertz CT molecular complexity index is 1680. The number of anilines is 1. The first-order valence-electron chi connectivity index (χ1n) is 14.7. The van der Waals surface area contributed by atoms with E-state index in [9.17, 15) is 0 Å².